The molecule has 2 aromatic heterocycles. The summed E-state index contributed by atoms with van der Waals surface area (Å²) in [4.78, 5) is 11.3. The van der Waals surface area contributed by atoms with Crippen molar-refractivity contribution in [2.24, 2.45) is 0 Å². The number of pyridine rings is 1. The van der Waals surface area contributed by atoms with Gasteiger partial charge in [-0.1, -0.05) is 12.1 Å². The van der Waals surface area contributed by atoms with E-state index in [1.807, 2.05) is 11.3 Å². The van der Waals surface area contributed by atoms with Gasteiger partial charge in [0.25, 0.3) is 0 Å². The van der Waals surface area contributed by atoms with Gasteiger partial charge in [0.15, 0.2) is 0 Å². The van der Waals surface area contributed by atoms with E-state index < -0.39 is 0 Å². The monoisotopic (exact) mass is 381 g/mol. The molecule has 4 rings (SSSR count). The molecule has 0 spiro atoms. The maximum Gasteiger partial charge on any atom is 0.133 e. The van der Waals surface area contributed by atoms with Crippen LogP contribution in [0.1, 0.15) is 21.6 Å². The zero-order chi connectivity index (χ0) is 18.8. The second-order valence-corrected chi connectivity index (χ2v) is 8.47. The van der Waals surface area contributed by atoms with Crippen molar-refractivity contribution >= 4 is 28.1 Å². The minimum absolute atomic E-state index is 0.775. The van der Waals surface area contributed by atoms with Crippen molar-refractivity contribution < 1.29 is 4.74 Å². The summed E-state index contributed by atoms with van der Waals surface area (Å²) in [7, 11) is 2.20. The van der Waals surface area contributed by atoms with E-state index in [1.165, 1.54) is 27.0 Å². The number of benzene rings is 1. The van der Waals surface area contributed by atoms with E-state index in [-0.39, 0.29) is 0 Å². The molecule has 0 N–H and O–H groups in total. The zero-order valence-corrected chi connectivity index (χ0v) is 17.2. The predicted octanol–water partition coefficient (Wildman–Crippen LogP) is 4.38. The molecule has 1 aliphatic rings. The summed E-state index contributed by atoms with van der Waals surface area (Å²) in [6.45, 7) is 9.54. The van der Waals surface area contributed by atoms with Crippen molar-refractivity contribution in [2.75, 3.05) is 38.3 Å². The second-order valence-electron chi connectivity index (χ2n) is 7.47. The molecule has 0 radical (unpaired) electrons. The first-order chi connectivity index (χ1) is 13.1. The van der Waals surface area contributed by atoms with E-state index in [9.17, 15) is 0 Å². The quantitative estimate of drug-likeness (QED) is 0.656. The molecule has 0 atom stereocenters. The maximum atomic E-state index is 5.55. The number of ether oxygens (including phenoxy) is 1. The van der Waals surface area contributed by atoms with Crippen LogP contribution in [0.2, 0.25) is 0 Å². The lowest BCUT2D eigenvalue weighted by Crippen LogP contribution is -2.37. The van der Waals surface area contributed by atoms with Crippen molar-refractivity contribution in [3.05, 3.63) is 57.3 Å². The predicted molar refractivity (Wildman–Crippen MR) is 114 cm³/mol. The Labute approximate surface area is 165 Å². The number of nitrogens with zero attached hydrogens (tertiary/aromatic N) is 3. The van der Waals surface area contributed by atoms with Gasteiger partial charge in [-0.15, -0.1) is 11.3 Å². The summed E-state index contributed by atoms with van der Waals surface area (Å²) in [5.41, 5.74) is 5.01. The Morgan fingerprint density at radius 1 is 1.11 bits per heavy atom. The van der Waals surface area contributed by atoms with E-state index >= 15 is 0 Å². The summed E-state index contributed by atoms with van der Waals surface area (Å²) < 4.78 is 5.55. The molecule has 0 aliphatic carbocycles. The van der Waals surface area contributed by atoms with Gasteiger partial charge < -0.3 is 9.64 Å². The molecule has 0 amide bonds. The fourth-order valence-corrected chi connectivity index (χ4v) is 4.62. The molecule has 142 valence electrons. The number of rotatable bonds is 5. The topological polar surface area (TPSA) is 28.6 Å². The molecule has 1 saturated heterocycles. The number of aromatic nitrogens is 1. The van der Waals surface area contributed by atoms with Crippen molar-refractivity contribution in [1.29, 1.82) is 0 Å². The number of hydrogen-bond donors (Lipinski definition) is 0. The average Bonchev–Trinajstić information content (AvgIpc) is 3.06. The minimum Gasteiger partial charge on any atom is -0.378 e. The summed E-state index contributed by atoms with van der Waals surface area (Å²) in [5.74, 6) is 1.12. The van der Waals surface area contributed by atoms with Crippen LogP contribution in [0.4, 0.5) is 5.82 Å². The fraction of sp³-hybridized carbons (Fsp3) is 0.409. The Morgan fingerprint density at radius 3 is 2.67 bits per heavy atom. The minimum atomic E-state index is 0.775. The van der Waals surface area contributed by atoms with Gasteiger partial charge in [0.05, 0.1) is 18.7 Å². The van der Waals surface area contributed by atoms with Crippen LogP contribution in [0.25, 0.3) is 10.9 Å². The van der Waals surface area contributed by atoms with Gasteiger partial charge in [0.2, 0.25) is 0 Å². The molecular weight excluding hydrogens is 354 g/mol. The van der Waals surface area contributed by atoms with E-state index in [2.05, 4.69) is 66.4 Å². The molecule has 1 aliphatic heterocycles. The third-order valence-electron chi connectivity index (χ3n) is 5.16. The highest BCUT2D eigenvalue weighted by atomic mass is 32.1. The molecule has 1 fully saturated rings. The molecule has 5 heteroatoms. The van der Waals surface area contributed by atoms with Crippen molar-refractivity contribution in [3.8, 4) is 0 Å². The highest BCUT2D eigenvalue weighted by Crippen LogP contribution is 2.27. The van der Waals surface area contributed by atoms with E-state index in [0.29, 0.717) is 0 Å². The average molecular weight is 382 g/mol. The number of aryl methyl sites for hydroxylation is 2. The van der Waals surface area contributed by atoms with Crippen molar-refractivity contribution in [3.63, 3.8) is 0 Å². The molecule has 3 heterocycles. The lowest BCUT2D eigenvalue weighted by atomic mass is 10.1. The van der Waals surface area contributed by atoms with Crippen LogP contribution in [0.15, 0.2) is 35.7 Å². The SMILES string of the molecule is Cc1ccc2cc(CN(C)Cc3sccc3C)c(N3CCOCC3)nc2c1. The summed E-state index contributed by atoms with van der Waals surface area (Å²) in [6.07, 6.45) is 0. The first kappa shape index (κ1) is 18.4. The van der Waals surface area contributed by atoms with Crippen LogP contribution in [-0.4, -0.2) is 43.2 Å². The molecule has 4 nitrogen and oxygen atoms in total. The van der Waals surface area contributed by atoms with Crippen molar-refractivity contribution in [2.45, 2.75) is 26.9 Å². The van der Waals surface area contributed by atoms with Crippen LogP contribution in [0, 0.1) is 13.8 Å². The molecule has 1 aromatic carbocycles. The number of thiophene rings is 1. The number of fused-ring (bicyclic) bond motifs is 1. The molecule has 0 unspecified atom stereocenters. The third-order valence-corrected chi connectivity index (χ3v) is 6.17. The summed E-state index contributed by atoms with van der Waals surface area (Å²) >= 11 is 1.84. The molecule has 0 saturated carbocycles. The lowest BCUT2D eigenvalue weighted by molar-refractivity contribution is 0.122. The van der Waals surface area contributed by atoms with Gasteiger partial charge in [-0.05, 0) is 55.6 Å². The Bertz CT molecular complexity index is 930. The smallest absolute Gasteiger partial charge is 0.133 e. The zero-order valence-electron chi connectivity index (χ0n) is 16.4. The lowest BCUT2D eigenvalue weighted by Gasteiger charge is -2.30. The highest BCUT2D eigenvalue weighted by molar-refractivity contribution is 7.10. The van der Waals surface area contributed by atoms with E-state index in [0.717, 1.165) is 50.7 Å². The molecule has 27 heavy (non-hydrogen) atoms. The first-order valence-electron chi connectivity index (χ1n) is 9.54. The van der Waals surface area contributed by atoms with Gasteiger partial charge in [-0.2, -0.15) is 0 Å². The Morgan fingerprint density at radius 2 is 1.93 bits per heavy atom. The first-order valence-corrected chi connectivity index (χ1v) is 10.4. The van der Waals surface area contributed by atoms with Gasteiger partial charge >= 0.3 is 0 Å². The van der Waals surface area contributed by atoms with Gasteiger partial charge in [-0.25, -0.2) is 4.98 Å². The van der Waals surface area contributed by atoms with Crippen LogP contribution in [0.3, 0.4) is 0 Å². The standard InChI is InChI=1S/C22H27N3OS/c1-16-4-5-18-13-19(14-24(3)15-21-17(2)6-11-27-21)22(23-20(18)12-16)25-7-9-26-10-8-25/h4-6,11-13H,7-10,14-15H2,1-3H3. The molecular formula is C22H27N3OS. The van der Waals surface area contributed by atoms with Crippen LogP contribution in [-0.2, 0) is 17.8 Å². The fourth-order valence-electron chi connectivity index (χ4n) is 3.63. The Kier molecular flexibility index (Phi) is 5.43. The third kappa shape index (κ3) is 4.15. The van der Waals surface area contributed by atoms with Gasteiger partial charge in [0.1, 0.15) is 5.82 Å². The summed E-state index contributed by atoms with van der Waals surface area (Å²) in [6, 6.07) is 11.1. The van der Waals surface area contributed by atoms with Crippen LogP contribution >= 0.6 is 11.3 Å². The van der Waals surface area contributed by atoms with Crippen LogP contribution in [0.5, 0.6) is 0 Å². The van der Waals surface area contributed by atoms with Gasteiger partial charge in [0, 0.05) is 42.0 Å². The highest BCUT2D eigenvalue weighted by Gasteiger charge is 2.18. The molecule has 0 bridgehead atoms. The van der Waals surface area contributed by atoms with Gasteiger partial charge in [-0.3, -0.25) is 4.90 Å². The Hall–Kier alpha value is -1.95. The van der Waals surface area contributed by atoms with Crippen LogP contribution < -0.4 is 4.90 Å². The van der Waals surface area contributed by atoms with E-state index in [4.69, 9.17) is 9.72 Å². The maximum absolute atomic E-state index is 5.55. The number of morpholine rings is 1. The molecule has 3 aromatic rings. The van der Waals surface area contributed by atoms with E-state index in [1.54, 1.807) is 0 Å². The second kappa shape index (κ2) is 7.97. The largest absolute Gasteiger partial charge is 0.378 e. The normalized spacial score (nSPS) is 15.0. The summed E-state index contributed by atoms with van der Waals surface area (Å²) in [5, 5.41) is 3.39. The Balaban J connectivity index is 1.66. The number of hydrogen-bond acceptors (Lipinski definition) is 5. The number of anilines is 1. The van der Waals surface area contributed by atoms with Crippen molar-refractivity contribution in [1.82, 2.24) is 9.88 Å².